The van der Waals surface area contributed by atoms with Gasteiger partial charge in [0.25, 0.3) is 0 Å². The molecule has 0 saturated carbocycles. The van der Waals surface area contributed by atoms with Crippen LogP contribution in [0.4, 0.5) is 5.82 Å². The lowest BCUT2D eigenvalue weighted by atomic mass is 10.5. The molecule has 0 amide bonds. The van der Waals surface area contributed by atoms with Gasteiger partial charge in [-0.15, -0.1) is 0 Å². The molecule has 76 valence electrons. The Hall–Kier alpha value is -1.62. The molecule has 0 unspecified atom stereocenters. The van der Waals surface area contributed by atoms with Crippen molar-refractivity contribution in [1.29, 1.82) is 0 Å². The van der Waals surface area contributed by atoms with Crippen LogP contribution >= 0.6 is 11.8 Å². The molecule has 0 aliphatic carbocycles. The Morgan fingerprint density at radius 1 is 1.20 bits per heavy atom. The van der Waals surface area contributed by atoms with Crippen LogP contribution in [0, 0.1) is 0 Å². The van der Waals surface area contributed by atoms with Crippen LogP contribution in [0.15, 0.2) is 46.8 Å². The van der Waals surface area contributed by atoms with Gasteiger partial charge < -0.3 is 5.32 Å². The van der Waals surface area contributed by atoms with E-state index in [0.717, 1.165) is 15.7 Å². The van der Waals surface area contributed by atoms with Gasteiger partial charge in [0.15, 0.2) is 0 Å². The summed E-state index contributed by atoms with van der Waals surface area (Å²) in [5, 5.41) is 3.87. The zero-order chi connectivity index (χ0) is 10.5. The standard InChI is InChI=1S/C10H10N4S/c1-11-9-6-8(2-3-13-9)15-10-7-12-4-5-14-10/h2-7H,1H3,(H,11,13). The molecule has 0 saturated heterocycles. The number of anilines is 1. The molecule has 5 heteroatoms. The van der Waals surface area contributed by atoms with Crippen LogP contribution in [0.2, 0.25) is 0 Å². The molecule has 0 fully saturated rings. The summed E-state index contributed by atoms with van der Waals surface area (Å²) in [6, 6.07) is 3.92. The van der Waals surface area contributed by atoms with Crippen molar-refractivity contribution in [3.05, 3.63) is 36.9 Å². The maximum atomic E-state index is 4.19. The largest absolute Gasteiger partial charge is 0.373 e. The minimum Gasteiger partial charge on any atom is -0.373 e. The molecule has 4 nitrogen and oxygen atoms in total. The molecule has 2 rings (SSSR count). The Kier molecular flexibility index (Phi) is 3.14. The van der Waals surface area contributed by atoms with Crippen LogP contribution in [-0.4, -0.2) is 22.0 Å². The Labute approximate surface area is 92.2 Å². The normalized spacial score (nSPS) is 9.93. The average Bonchev–Trinajstić information content (AvgIpc) is 2.31. The molecule has 15 heavy (non-hydrogen) atoms. The monoisotopic (exact) mass is 218 g/mol. The molecule has 0 atom stereocenters. The molecule has 2 aromatic heterocycles. The van der Waals surface area contributed by atoms with Gasteiger partial charge in [-0.3, -0.25) is 4.98 Å². The zero-order valence-electron chi connectivity index (χ0n) is 8.21. The second-order valence-corrected chi connectivity index (χ2v) is 3.87. The van der Waals surface area contributed by atoms with Gasteiger partial charge in [0, 0.05) is 30.5 Å². The maximum absolute atomic E-state index is 4.19. The van der Waals surface area contributed by atoms with E-state index in [4.69, 9.17) is 0 Å². The fourth-order valence-corrected chi connectivity index (χ4v) is 1.84. The van der Waals surface area contributed by atoms with Gasteiger partial charge in [-0.1, -0.05) is 11.8 Å². The Morgan fingerprint density at radius 2 is 2.13 bits per heavy atom. The van der Waals surface area contributed by atoms with Crippen molar-refractivity contribution in [2.45, 2.75) is 9.92 Å². The van der Waals surface area contributed by atoms with Gasteiger partial charge in [-0.05, 0) is 12.1 Å². The molecule has 2 heterocycles. The van der Waals surface area contributed by atoms with E-state index in [0.29, 0.717) is 0 Å². The fraction of sp³-hybridized carbons (Fsp3) is 0.100. The van der Waals surface area contributed by atoms with Crippen LogP contribution in [0.25, 0.3) is 0 Å². The van der Waals surface area contributed by atoms with E-state index < -0.39 is 0 Å². The van der Waals surface area contributed by atoms with Crippen molar-refractivity contribution in [2.24, 2.45) is 0 Å². The second-order valence-electron chi connectivity index (χ2n) is 2.77. The number of hydrogen-bond donors (Lipinski definition) is 1. The van der Waals surface area contributed by atoms with Crippen molar-refractivity contribution in [1.82, 2.24) is 15.0 Å². The number of aromatic nitrogens is 3. The van der Waals surface area contributed by atoms with Gasteiger partial charge in [0.2, 0.25) is 0 Å². The predicted molar refractivity (Wildman–Crippen MR) is 59.9 cm³/mol. The van der Waals surface area contributed by atoms with Crippen LogP contribution in [-0.2, 0) is 0 Å². The maximum Gasteiger partial charge on any atom is 0.126 e. The van der Waals surface area contributed by atoms with Crippen molar-refractivity contribution in [2.75, 3.05) is 12.4 Å². The number of pyridine rings is 1. The molecular weight excluding hydrogens is 208 g/mol. The smallest absolute Gasteiger partial charge is 0.126 e. The minimum absolute atomic E-state index is 0.851. The summed E-state index contributed by atoms with van der Waals surface area (Å²) in [5.74, 6) is 0.851. The lowest BCUT2D eigenvalue weighted by molar-refractivity contribution is 1.05. The van der Waals surface area contributed by atoms with E-state index in [9.17, 15) is 0 Å². The van der Waals surface area contributed by atoms with E-state index >= 15 is 0 Å². The van der Waals surface area contributed by atoms with Gasteiger partial charge in [-0.25, -0.2) is 9.97 Å². The molecule has 0 aliphatic rings. The van der Waals surface area contributed by atoms with Gasteiger partial charge in [0.1, 0.15) is 10.8 Å². The van der Waals surface area contributed by atoms with Crippen LogP contribution in [0.5, 0.6) is 0 Å². The summed E-state index contributed by atoms with van der Waals surface area (Å²) >= 11 is 1.56. The third-order valence-corrected chi connectivity index (χ3v) is 2.66. The number of nitrogens with zero attached hydrogens (tertiary/aromatic N) is 3. The molecule has 1 N–H and O–H groups in total. The summed E-state index contributed by atoms with van der Waals surface area (Å²) in [7, 11) is 1.85. The SMILES string of the molecule is CNc1cc(Sc2cnccn2)ccn1. The molecule has 0 aromatic carbocycles. The van der Waals surface area contributed by atoms with E-state index in [1.54, 1.807) is 36.5 Å². The number of hydrogen-bond acceptors (Lipinski definition) is 5. The van der Waals surface area contributed by atoms with Crippen molar-refractivity contribution < 1.29 is 0 Å². The highest BCUT2D eigenvalue weighted by Gasteiger charge is 1.99. The van der Waals surface area contributed by atoms with Crippen molar-refractivity contribution in [3.63, 3.8) is 0 Å². The minimum atomic E-state index is 0.851. The Bertz CT molecular complexity index is 432. The van der Waals surface area contributed by atoms with Crippen molar-refractivity contribution >= 4 is 17.6 Å². The first-order valence-electron chi connectivity index (χ1n) is 4.46. The third-order valence-electron chi connectivity index (χ3n) is 1.75. The summed E-state index contributed by atoms with van der Waals surface area (Å²) in [5.41, 5.74) is 0. The first-order chi connectivity index (χ1) is 7.38. The first-order valence-corrected chi connectivity index (χ1v) is 5.28. The molecule has 0 spiro atoms. The summed E-state index contributed by atoms with van der Waals surface area (Å²) in [6.07, 6.45) is 6.85. The molecule has 2 aromatic rings. The second kappa shape index (κ2) is 4.75. The van der Waals surface area contributed by atoms with Crippen LogP contribution in [0.1, 0.15) is 0 Å². The molecular formula is C10H10N4S. The van der Waals surface area contributed by atoms with E-state index in [1.807, 2.05) is 19.2 Å². The van der Waals surface area contributed by atoms with Crippen molar-refractivity contribution in [3.8, 4) is 0 Å². The quantitative estimate of drug-likeness (QED) is 0.854. The summed E-state index contributed by atoms with van der Waals surface area (Å²) < 4.78 is 0. The van der Waals surface area contributed by atoms with Gasteiger partial charge >= 0.3 is 0 Å². The van der Waals surface area contributed by atoms with Crippen LogP contribution in [0.3, 0.4) is 0 Å². The van der Waals surface area contributed by atoms with Crippen LogP contribution < -0.4 is 5.32 Å². The first kappa shape index (κ1) is 9.92. The molecule has 0 bridgehead atoms. The highest BCUT2D eigenvalue weighted by Crippen LogP contribution is 2.25. The molecule has 0 aliphatic heterocycles. The number of rotatable bonds is 3. The van der Waals surface area contributed by atoms with Gasteiger partial charge in [0.05, 0.1) is 6.20 Å². The lowest BCUT2D eigenvalue weighted by Gasteiger charge is -2.02. The highest BCUT2D eigenvalue weighted by molar-refractivity contribution is 7.99. The Balaban J connectivity index is 2.17. The van der Waals surface area contributed by atoms with Gasteiger partial charge in [-0.2, -0.15) is 0 Å². The van der Waals surface area contributed by atoms with E-state index in [-0.39, 0.29) is 0 Å². The summed E-state index contributed by atoms with van der Waals surface area (Å²) in [4.78, 5) is 13.4. The third kappa shape index (κ3) is 2.66. The highest BCUT2D eigenvalue weighted by atomic mass is 32.2. The van der Waals surface area contributed by atoms with E-state index in [1.165, 1.54) is 0 Å². The van der Waals surface area contributed by atoms with E-state index in [2.05, 4.69) is 20.3 Å². The fourth-order valence-electron chi connectivity index (χ4n) is 1.07. The lowest BCUT2D eigenvalue weighted by Crippen LogP contribution is -1.91. The Morgan fingerprint density at radius 3 is 2.87 bits per heavy atom. The number of nitrogens with one attached hydrogen (secondary N) is 1. The predicted octanol–water partition coefficient (Wildman–Crippen LogP) is 2.06. The zero-order valence-corrected chi connectivity index (χ0v) is 9.03. The molecule has 0 radical (unpaired) electrons. The average molecular weight is 218 g/mol. The topological polar surface area (TPSA) is 50.7 Å². The summed E-state index contributed by atoms with van der Waals surface area (Å²) in [6.45, 7) is 0.